The van der Waals surface area contributed by atoms with Gasteiger partial charge in [-0.1, -0.05) is 20.8 Å². The average Bonchev–Trinajstić information content (AvgIpc) is 2.79. The summed E-state index contributed by atoms with van der Waals surface area (Å²) in [5.41, 5.74) is -2.84. The van der Waals surface area contributed by atoms with E-state index in [1.807, 2.05) is 0 Å². The van der Waals surface area contributed by atoms with Gasteiger partial charge in [-0.05, 0) is 45.3 Å². The molecule has 0 bridgehead atoms. The molecule has 2 aliphatic carbocycles. The van der Waals surface area contributed by atoms with Crippen LogP contribution in [0.25, 0.3) is 0 Å². The van der Waals surface area contributed by atoms with Crippen molar-refractivity contribution in [2.45, 2.75) is 89.6 Å². The summed E-state index contributed by atoms with van der Waals surface area (Å²) in [4.78, 5) is 12.3. The Morgan fingerprint density at radius 1 is 1.17 bits per heavy atom. The van der Waals surface area contributed by atoms with Crippen LogP contribution in [0.15, 0.2) is 0 Å². The van der Waals surface area contributed by atoms with Crippen molar-refractivity contribution in [3.63, 3.8) is 0 Å². The minimum absolute atomic E-state index is 0.00415. The van der Waals surface area contributed by atoms with E-state index in [4.69, 9.17) is 9.16 Å². The molecule has 6 heteroatoms. The maximum atomic E-state index is 15.2. The lowest BCUT2D eigenvalue weighted by Crippen LogP contribution is -2.46. The maximum absolute atomic E-state index is 15.2. The number of fused-ring (bicyclic) bond motifs is 1. The first-order chi connectivity index (χ1) is 10.1. The predicted octanol–water partition coefficient (Wildman–Crippen LogP) is 3.44. The van der Waals surface area contributed by atoms with E-state index < -0.39 is 49.6 Å². The van der Waals surface area contributed by atoms with Gasteiger partial charge in [-0.15, -0.1) is 0 Å². The summed E-state index contributed by atoms with van der Waals surface area (Å²) in [6, 6.07) is 0. The standard InChI is InChI=1S/C17H31FO4Si/c1-15(2,3)21-14(20)17(18)12-10(19)9-11(13(12)17)22-23(7,8)16(4,5)6/h10-13,19H,9H2,1-8H3/t10-,11-,12+,13-,17+/m0/s1. The van der Waals surface area contributed by atoms with Crippen molar-refractivity contribution >= 4 is 14.3 Å². The molecule has 0 unspecified atom stereocenters. The molecule has 0 aliphatic heterocycles. The van der Waals surface area contributed by atoms with E-state index in [2.05, 4.69) is 33.9 Å². The molecular formula is C17H31FO4Si. The summed E-state index contributed by atoms with van der Waals surface area (Å²) in [6.45, 7) is 15.7. The summed E-state index contributed by atoms with van der Waals surface area (Å²) in [7, 11) is -2.09. The summed E-state index contributed by atoms with van der Waals surface area (Å²) in [5.74, 6) is -2.13. The van der Waals surface area contributed by atoms with Crippen LogP contribution in [-0.4, -0.2) is 42.9 Å². The molecule has 2 fully saturated rings. The minimum Gasteiger partial charge on any atom is -0.458 e. The first-order valence-corrected chi connectivity index (χ1v) is 11.3. The smallest absolute Gasteiger partial charge is 0.345 e. The van der Waals surface area contributed by atoms with Gasteiger partial charge in [0, 0.05) is 11.8 Å². The first kappa shape index (κ1) is 18.9. The van der Waals surface area contributed by atoms with Crippen LogP contribution in [0.1, 0.15) is 48.0 Å². The van der Waals surface area contributed by atoms with Crippen LogP contribution in [-0.2, 0) is 14.0 Å². The lowest BCUT2D eigenvalue weighted by molar-refractivity contribution is -0.166. The Balaban J connectivity index is 2.14. The predicted molar refractivity (Wildman–Crippen MR) is 89.4 cm³/mol. The maximum Gasteiger partial charge on any atom is 0.345 e. The third-order valence-electron chi connectivity index (χ3n) is 5.50. The first-order valence-electron chi connectivity index (χ1n) is 8.39. The number of esters is 1. The molecule has 0 aromatic carbocycles. The van der Waals surface area contributed by atoms with Crippen LogP contribution in [0.3, 0.4) is 0 Å². The molecule has 0 heterocycles. The van der Waals surface area contributed by atoms with Crippen molar-refractivity contribution in [1.29, 1.82) is 0 Å². The zero-order valence-corrected chi connectivity index (χ0v) is 16.6. The zero-order valence-electron chi connectivity index (χ0n) is 15.6. The van der Waals surface area contributed by atoms with Crippen molar-refractivity contribution in [2.24, 2.45) is 11.8 Å². The number of aliphatic hydroxyl groups excluding tert-OH is 1. The molecule has 5 atom stereocenters. The van der Waals surface area contributed by atoms with Crippen molar-refractivity contribution in [1.82, 2.24) is 0 Å². The molecule has 0 aromatic rings. The number of alkyl halides is 1. The van der Waals surface area contributed by atoms with Gasteiger partial charge in [0.25, 0.3) is 0 Å². The summed E-state index contributed by atoms with van der Waals surface area (Å²) < 4.78 is 26.7. The van der Waals surface area contributed by atoms with Crippen LogP contribution in [0, 0.1) is 11.8 Å². The van der Waals surface area contributed by atoms with Crippen LogP contribution in [0.2, 0.25) is 18.1 Å². The molecule has 23 heavy (non-hydrogen) atoms. The fourth-order valence-corrected chi connectivity index (χ4v) is 4.62. The largest absolute Gasteiger partial charge is 0.458 e. The highest BCUT2D eigenvalue weighted by Crippen LogP contribution is 2.65. The highest BCUT2D eigenvalue weighted by molar-refractivity contribution is 6.74. The zero-order chi connectivity index (χ0) is 18.0. The molecule has 134 valence electrons. The lowest BCUT2D eigenvalue weighted by atomic mass is 10.1. The fraction of sp³-hybridized carbons (Fsp3) is 0.941. The second kappa shape index (κ2) is 5.26. The monoisotopic (exact) mass is 346 g/mol. The van der Waals surface area contributed by atoms with Crippen LogP contribution in [0.4, 0.5) is 4.39 Å². The Hall–Kier alpha value is -0.463. The number of aliphatic hydroxyl groups is 1. The van der Waals surface area contributed by atoms with Gasteiger partial charge in [0.15, 0.2) is 8.32 Å². The van der Waals surface area contributed by atoms with Crippen molar-refractivity contribution < 1.29 is 23.5 Å². The summed E-state index contributed by atoms with van der Waals surface area (Å²) in [5, 5.41) is 10.2. The third-order valence-corrected chi connectivity index (χ3v) is 10.0. The lowest BCUT2D eigenvalue weighted by Gasteiger charge is -2.39. The Morgan fingerprint density at radius 2 is 1.70 bits per heavy atom. The quantitative estimate of drug-likeness (QED) is 0.628. The number of hydrogen-bond acceptors (Lipinski definition) is 4. The van der Waals surface area contributed by atoms with Gasteiger partial charge in [-0.2, -0.15) is 0 Å². The number of carbonyl (C=O) groups is 1. The van der Waals surface area contributed by atoms with Gasteiger partial charge in [-0.25, -0.2) is 9.18 Å². The third kappa shape index (κ3) is 3.22. The molecule has 1 N–H and O–H groups in total. The van der Waals surface area contributed by atoms with E-state index in [0.717, 1.165) is 0 Å². The highest BCUT2D eigenvalue weighted by Gasteiger charge is 2.81. The second-order valence-electron chi connectivity index (χ2n) is 9.54. The molecule has 2 rings (SSSR count). The van der Waals surface area contributed by atoms with Crippen LogP contribution in [0.5, 0.6) is 0 Å². The normalized spacial score (nSPS) is 37.5. The number of hydrogen-bond donors (Lipinski definition) is 1. The molecule has 4 nitrogen and oxygen atoms in total. The van der Waals surface area contributed by atoms with Gasteiger partial charge < -0.3 is 14.3 Å². The van der Waals surface area contributed by atoms with Crippen LogP contribution >= 0.6 is 0 Å². The topological polar surface area (TPSA) is 55.8 Å². The van der Waals surface area contributed by atoms with Crippen molar-refractivity contribution in [3.05, 3.63) is 0 Å². The Bertz CT molecular complexity index is 494. The second-order valence-corrected chi connectivity index (χ2v) is 14.3. The number of ether oxygens (including phenoxy) is 1. The van der Waals surface area contributed by atoms with Crippen molar-refractivity contribution in [3.8, 4) is 0 Å². The molecular weight excluding hydrogens is 315 g/mol. The van der Waals surface area contributed by atoms with Crippen LogP contribution < -0.4 is 0 Å². The number of halogens is 1. The number of rotatable bonds is 3. The van der Waals surface area contributed by atoms with E-state index in [-0.39, 0.29) is 5.04 Å². The molecule has 0 aromatic heterocycles. The average molecular weight is 347 g/mol. The van der Waals surface area contributed by atoms with Gasteiger partial charge >= 0.3 is 5.97 Å². The van der Waals surface area contributed by atoms with Gasteiger partial charge in [-0.3, -0.25) is 0 Å². The van der Waals surface area contributed by atoms with Crippen molar-refractivity contribution in [2.75, 3.05) is 0 Å². The summed E-state index contributed by atoms with van der Waals surface area (Å²) in [6.07, 6.45) is -0.850. The van der Waals surface area contributed by atoms with E-state index >= 15 is 4.39 Å². The molecule has 0 spiro atoms. The number of carbonyl (C=O) groups excluding carboxylic acids is 1. The Morgan fingerprint density at radius 3 is 2.13 bits per heavy atom. The van der Waals surface area contributed by atoms with E-state index in [1.54, 1.807) is 20.8 Å². The van der Waals surface area contributed by atoms with E-state index in [9.17, 15) is 9.90 Å². The SMILES string of the molecule is CC(C)(C)OC(=O)[C@]1(F)[C@@H]2[C@H]1[C@@H](O)C[C@@H]2O[Si](C)(C)C(C)(C)C. The van der Waals surface area contributed by atoms with Gasteiger partial charge in [0.2, 0.25) is 5.67 Å². The van der Waals surface area contributed by atoms with Gasteiger partial charge in [0.05, 0.1) is 12.2 Å². The highest BCUT2D eigenvalue weighted by atomic mass is 28.4. The Labute approximate surface area is 139 Å². The minimum atomic E-state index is -2.10. The summed E-state index contributed by atoms with van der Waals surface area (Å²) >= 11 is 0. The van der Waals surface area contributed by atoms with E-state index in [0.29, 0.717) is 6.42 Å². The molecule has 2 aliphatic rings. The Kier molecular flexibility index (Phi) is 4.32. The van der Waals surface area contributed by atoms with Gasteiger partial charge in [0.1, 0.15) is 5.60 Å². The molecule has 0 saturated heterocycles. The molecule has 0 amide bonds. The molecule has 2 saturated carbocycles. The molecule has 0 radical (unpaired) electrons. The fourth-order valence-electron chi connectivity index (χ4n) is 3.27. The van der Waals surface area contributed by atoms with E-state index in [1.165, 1.54) is 0 Å².